The number of imidazole rings is 1. The van der Waals surface area contributed by atoms with Crippen LogP contribution in [0.3, 0.4) is 0 Å². The minimum absolute atomic E-state index is 0.177. The fourth-order valence-electron chi connectivity index (χ4n) is 4.49. The van der Waals surface area contributed by atoms with Crippen LogP contribution in [0.1, 0.15) is 43.4 Å². The van der Waals surface area contributed by atoms with Crippen molar-refractivity contribution in [2.45, 2.75) is 45.8 Å². The quantitative estimate of drug-likeness (QED) is 0.550. The summed E-state index contributed by atoms with van der Waals surface area (Å²) in [4.78, 5) is 33.6. The van der Waals surface area contributed by atoms with Crippen LogP contribution in [0.2, 0.25) is 0 Å². The average molecular weight is 465 g/mol. The first kappa shape index (κ1) is 23.6. The lowest BCUT2D eigenvalue weighted by molar-refractivity contribution is -0.133. The number of nitrogens with zero attached hydrogens (tertiary/aromatic N) is 3. The van der Waals surface area contributed by atoms with E-state index in [9.17, 15) is 9.59 Å². The fraction of sp³-hybridized carbons (Fsp3) is 0.423. The largest absolute Gasteiger partial charge is 0.493 e. The fourth-order valence-corrected chi connectivity index (χ4v) is 4.49. The second kappa shape index (κ2) is 9.37. The molecule has 0 saturated carbocycles. The summed E-state index contributed by atoms with van der Waals surface area (Å²) in [7, 11) is 3.14. The molecule has 34 heavy (non-hydrogen) atoms. The van der Waals surface area contributed by atoms with Gasteiger partial charge < -0.3 is 24.3 Å². The number of carbonyl (C=O) groups excluding carboxylic acids is 2. The van der Waals surface area contributed by atoms with Gasteiger partial charge in [0.1, 0.15) is 5.54 Å². The summed E-state index contributed by atoms with van der Waals surface area (Å²) in [5.74, 6) is 1.41. The zero-order valence-corrected chi connectivity index (χ0v) is 20.4. The van der Waals surface area contributed by atoms with E-state index in [-0.39, 0.29) is 18.4 Å². The predicted molar refractivity (Wildman–Crippen MR) is 130 cm³/mol. The Labute approximate surface area is 199 Å². The van der Waals surface area contributed by atoms with E-state index < -0.39 is 5.54 Å². The Morgan fingerprint density at radius 1 is 1.15 bits per heavy atom. The Bertz CT molecular complexity index is 1220. The van der Waals surface area contributed by atoms with E-state index in [0.717, 1.165) is 23.0 Å². The van der Waals surface area contributed by atoms with Crippen LogP contribution in [0.5, 0.6) is 11.5 Å². The third-order valence-electron chi connectivity index (χ3n) is 6.46. The van der Waals surface area contributed by atoms with Crippen molar-refractivity contribution in [3.05, 3.63) is 53.9 Å². The van der Waals surface area contributed by atoms with Gasteiger partial charge in [0.15, 0.2) is 17.3 Å². The van der Waals surface area contributed by atoms with Crippen LogP contribution in [0.15, 0.2) is 42.5 Å². The number of hydrogen-bond acceptors (Lipinski definition) is 5. The number of fused-ring (bicyclic) bond motifs is 3. The Morgan fingerprint density at radius 2 is 1.91 bits per heavy atom. The molecule has 0 fully saturated rings. The van der Waals surface area contributed by atoms with E-state index in [2.05, 4.69) is 24.1 Å². The third kappa shape index (κ3) is 4.08. The molecule has 0 bridgehead atoms. The number of rotatable bonds is 8. The monoisotopic (exact) mass is 464 g/mol. The Hall–Kier alpha value is -3.55. The molecule has 1 aliphatic heterocycles. The van der Waals surface area contributed by atoms with Gasteiger partial charge >= 0.3 is 0 Å². The van der Waals surface area contributed by atoms with Gasteiger partial charge in [-0.25, -0.2) is 4.98 Å². The van der Waals surface area contributed by atoms with Crippen LogP contribution < -0.4 is 14.8 Å². The zero-order valence-electron chi connectivity index (χ0n) is 20.4. The normalized spacial score (nSPS) is 17.7. The van der Waals surface area contributed by atoms with Crippen molar-refractivity contribution in [1.82, 2.24) is 19.8 Å². The molecule has 1 unspecified atom stereocenters. The van der Waals surface area contributed by atoms with E-state index in [0.29, 0.717) is 36.3 Å². The Balaban J connectivity index is 1.78. The van der Waals surface area contributed by atoms with E-state index in [1.807, 2.05) is 47.9 Å². The number of methoxy groups -OCH3 is 2. The van der Waals surface area contributed by atoms with Gasteiger partial charge in [0.25, 0.3) is 5.91 Å². The summed E-state index contributed by atoms with van der Waals surface area (Å²) in [5.41, 5.74) is 1.19. The van der Waals surface area contributed by atoms with Gasteiger partial charge in [-0.2, -0.15) is 0 Å². The standard InChI is InChI=1S/C26H32N4O4/c1-17(2)13-14-27-25(32)26(3)16-29-20-11-7-6-10-19(20)28-23(29)24(31)30(26)15-18-9-8-12-21(33-4)22(18)34-5/h6-12,17H,13-16H2,1-5H3,(H,27,32). The van der Waals surface area contributed by atoms with Gasteiger partial charge in [0.2, 0.25) is 5.91 Å². The van der Waals surface area contributed by atoms with Crippen LogP contribution in [-0.4, -0.2) is 52.6 Å². The Morgan fingerprint density at radius 3 is 2.62 bits per heavy atom. The lowest BCUT2D eigenvalue weighted by Crippen LogP contribution is -2.63. The van der Waals surface area contributed by atoms with Crippen LogP contribution in [-0.2, 0) is 17.9 Å². The number of para-hydroxylation sites is 3. The predicted octanol–water partition coefficient (Wildman–Crippen LogP) is 3.63. The summed E-state index contributed by atoms with van der Waals surface area (Å²) < 4.78 is 12.9. The number of nitrogens with one attached hydrogen (secondary N) is 1. The number of hydrogen-bond donors (Lipinski definition) is 1. The molecule has 8 nitrogen and oxygen atoms in total. The summed E-state index contributed by atoms with van der Waals surface area (Å²) in [6.07, 6.45) is 0.860. The summed E-state index contributed by atoms with van der Waals surface area (Å²) >= 11 is 0. The molecule has 1 aromatic heterocycles. The SMILES string of the molecule is COc1cccc(CN2C(=O)c3nc4ccccc4n3CC2(C)C(=O)NCCC(C)C)c1OC. The minimum Gasteiger partial charge on any atom is -0.493 e. The maximum Gasteiger partial charge on any atom is 0.291 e. The first-order valence-corrected chi connectivity index (χ1v) is 11.6. The van der Waals surface area contributed by atoms with Crippen molar-refractivity contribution in [2.24, 2.45) is 5.92 Å². The first-order chi connectivity index (χ1) is 16.3. The van der Waals surface area contributed by atoms with Crippen molar-refractivity contribution < 1.29 is 19.1 Å². The first-order valence-electron chi connectivity index (χ1n) is 11.6. The molecule has 1 atom stereocenters. The van der Waals surface area contributed by atoms with Crippen molar-refractivity contribution in [2.75, 3.05) is 20.8 Å². The molecule has 2 aromatic carbocycles. The number of ether oxygens (including phenoxy) is 2. The Kier molecular flexibility index (Phi) is 6.50. The van der Waals surface area contributed by atoms with E-state index in [4.69, 9.17) is 9.47 Å². The van der Waals surface area contributed by atoms with Crippen molar-refractivity contribution >= 4 is 22.8 Å². The molecular formula is C26H32N4O4. The highest BCUT2D eigenvalue weighted by Gasteiger charge is 2.48. The minimum atomic E-state index is -1.13. The number of aromatic nitrogens is 2. The molecule has 0 saturated heterocycles. The zero-order chi connectivity index (χ0) is 24.5. The molecule has 0 aliphatic carbocycles. The summed E-state index contributed by atoms with van der Waals surface area (Å²) in [5, 5.41) is 3.06. The van der Waals surface area contributed by atoms with E-state index >= 15 is 0 Å². The number of amides is 2. The topological polar surface area (TPSA) is 85.7 Å². The maximum atomic E-state index is 13.8. The molecule has 2 amide bonds. The second-order valence-corrected chi connectivity index (χ2v) is 9.27. The maximum absolute atomic E-state index is 13.8. The molecule has 1 N–H and O–H groups in total. The van der Waals surface area contributed by atoms with Crippen LogP contribution in [0.25, 0.3) is 11.0 Å². The molecule has 180 valence electrons. The van der Waals surface area contributed by atoms with Crippen LogP contribution in [0.4, 0.5) is 0 Å². The van der Waals surface area contributed by atoms with Crippen molar-refractivity contribution in [3.8, 4) is 11.5 Å². The molecule has 8 heteroatoms. The molecule has 4 rings (SSSR count). The molecule has 0 radical (unpaired) electrons. The summed E-state index contributed by atoms with van der Waals surface area (Å²) in [6, 6.07) is 13.1. The van der Waals surface area contributed by atoms with Crippen molar-refractivity contribution in [3.63, 3.8) is 0 Å². The highest BCUT2D eigenvalue weighted by molar-refractivity contribution is 6.01. The van der Waals surface area contributed by atoms with E-state index in [1.165, 1.54) is 0 Å². The average Bonchev–Trinajstić information content (AvgIpc) is 3.19. The summed E-state index contributed by atoms with van der Waals surface area (Å²) in [6.45, 7) is 7.07. The van der Waals surface area contributed by atoms with Gasteiger partial charge in [-0.3, -0.25) is 9.59 Å². The molecule has 2 heterocycles. The van der Waals surface area contributed by atoms with Crippen LogP contribution in [0, 0.1) is 5.92 Å². The van der Waals surface area contributed by atoms with Crippen LogP contribution >= 0.6 is 0 Å². The number of benzene rings is 2. The molecule has 1 aliphatic rings. The highest BCUT2D eigenvalue weighted by Crippen LogP contribution is 2.36. The van der Waals surface area contributed by atoms with Gasteiger partial charge in [0.05, 0.1) is 38.3 Å². The third-order valence-corrected chi connectivity index (χ3v) is 6.46. The van der Waals surface area contributed by atoms with Gasteiger partial charge in [-0.15, -0.1) is 0 Å². The number of carbonyl (C=O) groups is 2. The van der Waals surface area contributed by atoms with E-state index in [1.54, 1.807) is 25.2 Å². The molecule has 3 aromatic rings. The second-order valence-electron chi connectivity index (χ2n) is 9.27. The van der Waals surface area contributed by atoms with Crippen molar-refractivity contribution in [1.29, 1.82) is 0 Å². The lowest BCUT2D eigenvalue weighted by atomic mass is 9.94. The smallest absolute Gasteiger partial charge is 0.291 e. The van der Waals surface area contributed by atoms with Gasteiger partial charge in [-0.1, -0.05) is 38.1 Å². The van der Waals surface area contributed by atoms with Gasteiger partial charge in [-0.05, 0) is 37.5 Å². The molecule has 0 spiro atoms. The lowest BCUT2D eigenvalue weighted by Gasteiger charge is -2.43. The highest BCUT2D eigenvalue weighted by atomic mass is 16.5. The molecular weight excluding hydrogens is 432 g/mol. The van der Waals surface area contributed by atoms with Gasteiger partial charge in [0, 0.05) is 12.1 Å².